The second-order valence-electron chi connectivity index (χ2n) is 4.51. The van der Waals surface area contributed by atoms with Crippen LogP contribution in [0, 0.1) is 32.1 Å². The van der Waals surface area contributed by atoms with Gasteiger partial charge in [0.15, 0.2) is 0 Å². The second-order valence-corrected chi connectivity index (χ2v) is 4.51. The van der Waals surface area contributed by atoms with Gasteiger partial charge in [-0.15, -0.1) is 0 Å². The molecule has 0 aliphatic rings. The number of rotatable bonds is 4. The minimum absolute atomic E-state index is 0.504. The van der Waals surface area contributed by atoms with Crippen molar-refractivity contribution >= 4 is 0 Å². The van der Waals surface area contributed by atoms with Gasteiger partial charge in [-0.2, -0.15) is 5.26 Å². The SMILES string of the molecule is Cc1cc(C)c(CCN(C)CC#N)cc1C. The van der Waals surface area contributed by atoms with Crippen LogP contribution in [0.2, 0.25) is 0 Å². The van der Waals surface area contributed by atoms with Crippen molar-refractivity contribution in [3.8, 4) is 6.07 Å². The standard InChI is InChI=1S/C14H20N2/c1-11-9-13(3)14(10-12(11)2)5-7-16(4)8-6-15/h9-10H,5,7-8H2,1-4H3. The third kappa shape index (κ3) is 3.36. The molecule has 0 amide bonds. The zero-order chi connectivity index (χ0) is 12.1. The quantitative estimate of drug-likeness (QED) is 0.723. The molecule has 0 aliphatic carbocycles. The van der Waals surface area contributed by atoms with Gasteiger partial charge in [-0.05, 0) is 56.5 Å². The molecule has 0 aromatic heterocycles. The molecule has 16 heavy (non-hydrogen) atoms. The third-order valence-corrected chi connectivity index (χ3v) is 3.06. The number of benzene rings is 1. The Morgan fingerprint density at radius 3 is 2.38 bits per heavy atom. The molecule has 0 saturated heterocycles. The number of hydrogen-bond acceptors (Lipinski definition) is 2. The lowest BCUT2D eigenvalue weighted by molar-refractivity contribution is 0.379. The molecule has 2 heteroatoms. The number of hydrogen-bond donors (Lipinski definition) is 0. The summed E-state index contributed by atoms with van der Waals surface area (Å²) in [4.78, 5) is 2.05. The fraction of sp³-hybridized carbons (Fsp3) is 0.500. The zero-order valence-electron chi connectivity index (χ0n) is 10.7. The van der Waals surface area contributed by atoms with Crippen LogP contribution in [0.15, 0.2) is 12.1 Å². The summed E-state index contributed by atoms with van der Waals surface area (Å²) >= 11 is 0. The van der Waals surface area contributed by atoms with Gasteiger partial charge in [-0.1, -0.05) is 12.1 Å². The fourth-order valence-electron chi connectivity index (χ4n) is 1.80. The molecule has 86 valence electrons. The van der Waals surface area contributed by atoms with Gasteiger partial charge < -0.3 is 0 Å². The highest BCUT2D eigenvalue weighted by Crippen LogP contribution is 2.15. The first-order chi connectivity index (χ1) is 7.54. The van der Waals surface area contributed by atoms with Crippen LogP contribution in [-0.2, 0) is 6.42 Å². The topological polar surface area (TPSA) is 27.0 Å². The summed E-state index contributed by atoms with van der Waals surface area (Å²) in [5, 5.41) is 8.58. The van der Waals surface area contributed by atoms with Crippen LogP contribution in [0.5, 0.6) is 0 Å². The van der Waals surface area contributed by atoms with Crippen molar-refractivity contribution in [3.05, 3.63) is 34.4 Å². The van der Waals surface area contributed by atoms with Gasteiger partial charge in [-0.3, -0.25) is 4.90 Å². The van der Waals surface area contributed by atoms with Gasteiger partial charge in [0.25, 0.3) is 0 Å². The predicted octanol–water partition coefficient (Wildman–Crippen LogP) is 2.61. The number of nitrogens with zero attached hydrogens (tertiary/aromatic N) is 2. The van der Waals surface area contributed by atoms with Crippen LogP contribution < -0.4 is 0 Å². The largest absolute Gasteiger partial charge is 0.293 e. The molecule has 0 heterocycles. The molecule has 0 unspecified atom stereocenters. The number of nitriles is 1. The van der Waals surface area contributed by atoms with Crippen LogP contribution in [0.25, 0.3) is 0 Å². The van der Waals surface area contributed by atoms with Crippen molar-refractivity contribution in [2.24, 2.45) is 0 Å². The summed E-state index contributed by atoms with van der Waals surface area (Å²) < 4.78 is 0. The van der Waals surface area contributed by atoms with Crippen molar-refractivity contribution in [3.63, 3.8) is 0 Å². The van der Waals surface area contributed by atoms with Crippen LogP contribution in [0.3, 0.4) is 0 Å². The van der Waals surface area contributed by atoms with E-state index in [-0.39, 0.29) is 0 Å². The molecule has 0 aliphatic heterocycles. The van der Waals surface area contributed by atoms with E-state index in [2.05, 4.69) is 43.9 Å². The van der Waals surface area contributed by atoms with Crippen LogP contribution in [0.4, 0.5) is 0 Å². The molecular weight excluding hydrogens is 196 g/mol. The van der Waals surface area contributed by atoms with E-state index >= 15 is 0 Å². The van der Waals surface area contributed by atoms with E-state index in [1.54, 1.807) is 0 Å². The van der Waals surface area contributed by atoms with Gasteiger partial charge in [0.2, 0.25) is 0 Å². The van der Waals surface area contributed by atoms with Gasteiger partial charge in [0.05, 0.1) is 12.6 Å². The second kappa shape index (κ2) is 5.67. The highest BCUT2D eigenvalue weighted by molar-refractivity contribution is 5.36. The molecule has 0 saturated carbocycles. The first-order valence-corrected chi connectivity index (χ1v) is 5.67. The fourth-order valence-corrected chi connectivity index (χ4v) is 1.80. The Balaban J connectivity index is 2.68. The summed E-state index contributed by atoms with van der Waals surface area (Å²) in [6, 6.07) is 6.68. The van der Waals surface area contributed by atoms with E-state index in [1.807, 2.05) is 7.05 Å². The molecule has 0 spiro atoms. The molecule has 1 aromatic rings. The monoisotopic (exact) mass is 216 g/mol. The molecule has 0 atom stereocenters. The lowest BCUT2D eigenvalue weighted by Gasteiger charge is -2.14. The molecule has 0 radical (unpaired) electrons. The van der Waals surface area contributed by atoms with Gasteiger partial charge in [0.1, 0.15) is 0 Å². The van der Waals surface area contributed by atoms with Gasteiger partial charge in [0, 0.05) is 6.54 Å². The molecule has 0 bridgehead atoms. The molecule has 0 N–H and O–H groups in total. The Morgan fingerprint density at radius 1 is 1.12 bits per heavy atom. The third-order valence-electron chi connectivity index (χ3n) is 3.06. The van der Waals surface area contributed by atoms with Crippen molar-refractivity contribution in [2.45, 2.75) is 27.2 Å². The highest BCUT2D eigenvalue weighted by atomic mass is 15.1. The average molecular weight is 216 g/mol. The van der Waals surface area contributed by atoms with Gasteiger partial charge >= 0.3 is 0 Å². The first-order valence-electron chi connectivity index (χ1n) is 5.67. The summed E-state index contributed by atoms with van der Waals surface area (Å²) in [5.41, 5.74) is 5.46. The van der Waals surface area contributed by atoms with E-state index < -0.39 is 0 Å². The maximum Gasteiger partial charge on any atom is 0.0863 e. The van der Waals surface area contributed by atoms with Gasteiger partial charge in [-0.25, -0.2) is 0 Å². The van der Waals surface area contributed by atoms with E-state index in [0.717, 1.165) is 13.0 Å². The summed E-state index contributed by atoms with van der Waals surface area (Å²) in [5.74, 6) is 0. The lowest BCUT2D eigenvalue weighted by atomic mass is 9.99. The van der Waals surface area contributed by atoms with Crippen molar-refractivity contribution in [1.29, 1.82) is 5.26 Å². The summed E-state index contributed by atoms with van der Waals surface area (Å²) in [7, 11) is 1.99. The molecular formula is C14H20N2. The Labute approximate surface area is 98.5 Å². The highest BCUT2D eigenvalue weighted by Gasteiger charge is 2.03. The van der Waals surface area contributed by atoms with Crippen molar-refractivity contribution < 1.29 is 0 Å². The predicted molar refractivity (Wildman–Crippen MR) is 67.5 cm³/mol. The first kappa shape index (κ1) is 12.7. The van der Waals surface area contributed by atoms with Crippen molar-refractivity contribution in [2.75, 3.05) is 20.1 Å². The van der Waals surface area contributed by atoms with E-state index in [9.17, 15) is 0 Å². The van der Waals surface area contributed by atoms with Crippen molar-refractivity contribution in [1.82, 2.24) is 4.90 Å². The number of aryl methyl sites for hydroxylation is 3. The Kier molecular flexibility index (Phi) is 4.52. The molecule has 1 rings (SSSR count). The van der Waals surface area contributed by atoms with E-state index in [4.69, 9.17) is 5.26 Å². The van der Waals surface area contributed by atoms with Crippen LogP contribution >= 0.6 is 0 Å². The lowest BCUT2D eigenvalue weighted by Crippen LogP contribution is -2.21. The average Bonchev–Trinajstić information content (AvgIpc) is 2.22. The number of likely N-dealkylation sites (N-methyl/N-ethyl adjacent to an activating group) is 1. The Hall–Kier alpha value is -1.33. The Morgan fingerprint density at radius 2 is 1.75 bits per heavy atom. The minimum Gasteiger partial charge on any atom is -0.293 e. The normalized spacial score (nSPS) is 10.5. The minimum atomic E-state index is 0.504. The molecule has 1 aromatic carbocycles. The van der Waals surface area contributed by atoms with E-state index in [1.165, 1.54) is 22.3 Å². The smallest absolute Gasteiger partial charge is 0.0863 e. The molecule has 0 fully saturated rings. The van der Waals surface area contributed by atoms with Crippen LogP contribution in [0.1, 0.15) is 22.3 Å². The van der Waals surface area contributed by atoms with E-state index in [0.29, 0.717) is 6.54 Å². The Bertz CT molecular complexity index is 402. The summed E-state index contributed by atoms with van der Waals surface area (Å²) in [6.07, 6.45) is 1.02. The summed E-state index contributed by atoms with van der Waals surface area (Å²) in [6.45, 7) is 7.90. The van der Waals surface area contributed by atoms with Crippen LogP contribution in [-0.4, -0.2) is 25.0 Å². The molecule has 2 nitrogen and oxygen atoms in total. The zero-order valence-corrected chi connectivity index (χ0v) is 10.7. The maximum absolute atomic E-state index is 8.58. The maximum atomic E-state index is 8.58.